The molecule has 9 heteroatoms. The summed E-state index contributed by atoms with van der Waals surface area (Å²) in [7, 11) is 1.56. The first-order valence-corrected chi connectivity index (χ1v) is 9.77. The van der Waals surface area contributed by atoms with Gasteiger partial charge in [0.25, 0.3) is 5.91 Å². The van der Waals surface area contributed by atoms with Crippen LogP contribution in [0, 0.1) is 0 Å². The highest BCUT2D eigenvalue weighted by molar-refractivity contribution is 6.04. The second-order valence-corrected chi connectivity index (χ2v) is 7.20. The number of para-hydroxylation sites is 2. The van der Waals surface area contributed by atoms with Crippen LogP contribution in [0.1, 0.15) is 11.5 Å². The van der Waals surface area contributed by atoms with Gasteiger partial charge in [0.2, 0.25) is 11.7 Å². The number of imide groups is 1. The second kappa shape index (κ2) is 7.60. The number of hydrogen-bond acceptors (Lipinski definition) is 6. The number of carbonyl (C=O) groups is 2. The fourth-order valence-corrected chi connectivity index (χ4v) is 3.78. The molecule has 3 amide bonds. The zero-order chi connectivity index (χ0) is 21.4. The Balaban J connectivity index is 1.32. The highest BCUT2D eigenvalue weighted by Gasteiger charge is 2.39. The van der Waals surface area contributed by atoms with E-state index >= 15 is 0 Å². The van der Waals surface area contributed by atoms with Crippen molar-refractivity contribution in [2.75, 3.05) is 7.11 Å². The molecule has 4 aromatic rings. The molecule has 5 rings (SSSR count). The van der Waals surface area contributed by atoms with Crippen LogP contribution in [0.4, 0.5) is 4.79 Å². The number of nitrogens with one attached hydrogen (secondary N) is 2. The Labute approximate surface area is 177 Å². The van der Waals surface area contributed by atoms with Gasteiger partial charge in [0, 0.05) is 23.5 Å². The van der Waals surface area contributed by atoms with Crippen molar-refractivity contribution >= 4 is 22.8 Å². The number of amides is 3. The first-order valence-electron chi connectivity index (χ1n) is 9.77. The third kappa shape index (κ3) is 3.39. The normalized spacial score (nSPS) is 16.2. The molecule has 31 heavy (non-hydrogen) atoms. The summed E-state index contributed by atoms with van der Waals surface area (Å²) in [6.45, 7) is -0.1000. The van der Waals surface area contributed by atoms with Crippen LogP contribution >= 0.6 is 0 Å². The van der Waals surface area contributed by atoms with Crippen molar-refractivity contribution in [3.8, 4) is 17.1 Å². The molecule has 3 heterocycles. The number of aromatic nitrogens is 3. The van der Waals surface area contributed by atoms with Crippen molar-refractivity contribution in [1.29, 1.82) is 0 Å². The first-order chi connectivity index (χ1) is 15.1. The van der Waals surface area contributed by atoms with Gasteiger partial charge in [0.05, 0.1) is 12.7 Å². The van der Waals surface area contributed by atoms with Crippen molar-refractivity contribution in [2.45, 2.75) is 19.0 Å². The Bertz CT molecular complexity index is 1280. The highest BCUT2D eigenvalue weighted by atomic mass is 16.5. The summed E-state index contributed by atoms with van der Waals surface area (Å²) in [6, 6.07) is 14.0. The minimum absolute atomic E-state index is 0.1000. The minimum Gasteiger partial charge on any atom is -0.496 e. The molecule has 0 saturated carbocycles. The molecule has 0 radical (unpaired) electrons. The lowest BCUT2D eigenvalue weighted by Crippen LogP contribution is -2.32. The van der Waals surface area contributed by atoms with Gasteiger partial charge in [-0.1, -0.05) is 35.5 Å². The summed E-state index contributed by atoms with van der Waals surface area (Å²) in [4.78, 5) is 33.9. The van der Waals surface area contributed by atoms with E-state index in [1.165, 1.54) is 0 Å². The third-order valence-corrected chi connectivity index (χ3v) is 5.32. The van der Waals surface area contributed by atoms with Crippen LogP contribution in [0.3, 0.4) is 0 Å². The average molecular weight is 417 g/mol. The molecule has 1 aliphatic heterocycles. The fraction of sp³-hybridized carbons (Fsp3) is 0.182. The number of H-pyrrole nitrogens is 1. The van der Waals surface area contributed by atoms with Gasteiger partial charge in [0.15, 0.2) is 0 Å². The molecule has 1 saturated heterocycles. The first kappa shape index (κ1) is 18.9. The quantitative estimate of drug-likeness (QED) is 0.467. The molecule has 1 atom stereocenters. The summed E-state index contributed by atoms with van der Waals surface area (Å²) in [6.07, 6.45) is 2.26. The van der Waals surface area contributed by atoms with Crippen molar-refractivity contribution < 1.29 is 18.8 Å². The number of nitrogens with zero attached hydrogens (tertiary/aromatic N) is 3. The van der Waals surface area contributed by atoms with Crippen LogP contribution in [-0.2, 0) is 17.8 Å². The molecule has 156 valence electrons. The van der Waals surface area contributed by atoms with Crippen molar-refractivity contribution in [3.05, 3.63) is 66.2 Å². The number of aromatic amines is 1. The van der Waals surface area contributed by atoms with Crippen LogP contribution in [0.2, 0.25) is 0 Å². The van der Waals surface area contributed by atoms with Crippen LogP contribution in [0.25, 0.3) is 22.3 Å². The van der Waals surface area contributed by atoms with Gasteiger partial charge in [-0.25, -0.2) is 4.79 Å². The summed E-state index contributed by atoms with van der Waals surface area (Å²) in [5, 5.41) is 7.74. The van der Waals surface area contributed by atoms with E-state index in [1.54, 1.807) is 19.2 Å². The molecule has 1 fully saturated rings. The Kier molecular flexibility index (Phi) is 4.62. The average Bonchev–Trinajstić information content (AvgIpc) is 3.49. The van der Waals surface area contributed by atoms with E-state index in [4.69, 9.17) is 9.26 Å². The molecule has 0 bridgehead atoms. The molecule has 2 aromatic heterocycles. The van der Waals surface area contributed by atoms with Crippen LogP contribution < -0.4 is 10.1 Å². The predicted octanol–water partition coefficient (Wildman–Crippen LogP) is 2.89. The largest absolute Gasteiger partial charge is 0.496 e. The van der Waals surface area contributed by atoms with Gasteiger partial charge in [-0.15, -0.1) is 0 Å². The number of benzene rings is 2. The summed E-state index contributed by atoms with van der Waals surface area (Å²) < 4.78 is 10.6. The van der Waals surface area contributed by atoms with E-state index in [0.717, 1.165) is 21.4 Å². The van der Waals surface area contributed by atoms with Gasteiger partial charge in [0.1, 0.15) is 18.3 Å². The molecule has 0 aliphatic carbocycles. The van der Waals surface area contributed by atoms with Crippen LogP contribution in [0.5, 0.6) is 5.75 Å². The van der Waals surface area contributed by atoms with Gasteiger partial charge in [-0.2, -0.15) is 4.98 Å². The molecule has 2 aromatic carbocycles. The van der Waals surface area contributed by atoms with Crippen molar-refractivity contribution in [2.24, 2.45) is 0 Å². The van der Waals surface area contributed by atoms with E-state index < -0.39 is 12.1 Å². The number of urea groups is 1. The SMILES string of the molecule is COc1ccccc1-c1noc(CN2C(=O)N[C@H](Cc3c[nH]c4ccccc34)C2=O)n1. The Morgan fingerprint density at radius 3 is 2.81 bits per heavy atom. The number of ether oxygens (including phenoxy) is 1. The molecule has 1 aliphatic rings. The van der Waals surface area contributed by atoms with E-state index in [-0.39, 0.29) is 18.3 Å². The fourth-order valence-electron chi connectivity index (χ4n) is 3.78. The Hall–Kier alpha value is -4.14. The summed E-state index contributed by atoms with van der Waals surface area (Å²) in [5.74, 6) is 0.767. The molecule has 0 spiro atoms. The van der Waals surface area contributed by atoms with Gasteiger partial charge >= 0.3 is 6.03 Å². The molecular weight excluding hydrogens is 398 g/mol. The van der Waals surface area contributed by atoms with E-state index in [0.29, 0.717) is 23.6 Å². The zero-order valence-corrected chi connectivity index (χ0v) is 16.7. The maximum Gasteiger partial charge on any atom is 0.325 e. The van der Waals surface area contributed by atoms with Gasteiger partial charge < -0.3 is 19.6 Å². The lowest BCUT2D eigenvalue weighted by Gasteiger charge is -2.10. The smallest absolute Gasteiger partial charge is 0.325 e. The second-order valence-electron chi connectivity index (χ2n) is 7.20. The molecular formula is C22H19N5O4. The lowest BCUT2D eigenvalue weighted by atomic mass is 10.1. The standard InChI is InChI=1S/C22H19N5O4/c1-30-18-9-5-3-7-15(18)20-25-19(31-26-20)12-27-21(28)17(24-22(27)29)10-13-11-23-16-8-4-2-6-14(13)16/h2-9,11,17,23H,10,12H2,1H3,(H,24,29)/t17-/m1/s1. The third-order valence-electron chi connectivity index (χ3n) is 5.32. The number of hydrogen-bond donors (Lipinski definition) is 2. The Morgan fingerprint density at radius 2 is 1.94 bits per heavy atom. The van der Waals surface area contributed by atoms with Crippen molar-refractivity contribution in [3.63, 3.8) is 0 Å². The summed E-state index contributed by atoms with van der Waals surface area (Å²) >= 11 is 0. The van der Waals surface area contributed by atoms with E-state index in [9.17, 15) is 9.59 Å². The van der Waals surface area contributed by atoms with Crippen LogP contribution in [-0.4, -0.2) is 45.1 Å². The van der Waals surface area contributed by atoms with E-state index in [2.05, 4.69) is 20.4 Å². The van der Waals surface area contributed by atoms with E-state index in [1.807, 2.05) is 42.6 Å². The number of carbonyl (C=O) groups excluding carboxylic acids is 2. The Morgan fingerprint density at radius 1 is 1.13 bits per heavy atom. The van der Waals surface area contributed by atoms with Crippen LogP contribution in [0.15, 0.2) is 59.3 Å². The molecule has 0 unspecified atom stereocenters. The summed E-state index contributed by atoms with van der Waals surface area (Å²) in [5.41, 5.74) is 2.61. The van der Waals surface area contributed by atoms with Crippen molar-refractivity contribution in [1.82, 2.24) is 25.3 Å². The van der Waals surface area contributed by atoms with Gasteiger partial charge in [-0.3, -0.25) is 9.69 Å². The van der Waals surface area contributed by atoms with Gasteiger partial charge in [-0.05, 0) is 23.8 Å². The minimum atomic E-state index is -0.650. The zero-order valence-electron chi connectivity index (χ0n) is 16.7. The number of methoxy groups -OCH3 is 1. The monoisotopic (exact) mass is 417 g/mol. The molecule has 9 nitrogen and oxygen atoms in total. The number of fused-ring (bicyclic) bond motifs is 1. The topological polar surface area (TPSA) is 113 Å². The molecule has 2 N–H and O–H groups in total. The highest BCUT2D eigenvalue weighted by Crippen LogP contribution is 2.27. The predicted molar refractivity (Wildman–Crippen MR) is 111 cm³/mol. The maximum absolute atomic E-state index is 12.9. The maximum atomic E-state index is 12.9. The lowest BCUT2D eigenvalue weighted by molar-refractivity contribution is -0.128. The number of rotatable bonds is 6.